The van der Waals surface area contributed by atoms with Gasteiger partial charge in [0.2, 0.25) is 11.9 Å². The summed E-state index contributed by atoms with van der Waals surface area (Å²) in [5, 5.41) is 15.8. The van der Waals surface area contributed by atoms with Crippen molar-refractivity contribution in [2.24, 2.45) is 17.3 Å². The lowest BCUT2D eigenvalue weighted by molar-refractivity contribution is -0.137. The summed E-state index contributed by atoms with van der Waals surface area (Å²) in [5.41, 5.74) is 1.21. The van der Waals surface area contributed by atoms with Crippen LogP contribution in [0.4, 0.5) is 16.6 Å². The number of hydrogen-bond acceptors (Lipinski definition) is 8. The van der Waals surface area contributed by atoms with Gasteiger partial charge in [-0.2, -0.15) is 0 Å². The highest BCUT2D eigenvalue weighted by atomic mass is 32.2. The van der Waals surface area contributed by atoms with Gasteiger partial charge in [0.15, 0.2) is 0 Å². The first-order valence-corrected chi connectivity index (χ1v) is 14.1. The number of carbonyl (C=O) groups excluding carboxylic acids is 1. The van der Waals surface area contributed by atoms with Crippen LogP contribution < -0.4 is 10.6 Å². The Balaban J connectivity index is 1.02. The fourth-order valence-corrected chi connectivity index (χ4v) is 5.66. The Labute approximate surface area is 221 Å². The highest BCUT2D eigenvalue weighted by Crippen LogP contribution is 2.49. The van der Waals surface area contributed by atoms with E-state index >= 15 is 0 Å². The Morgan fingerprint density at radius 1 is 1.08 bits per heavy atom. The molecule has 11 heteroatoms. The van der Waals surface area contributed by atoms with E-state index < -0.39 is 6.09 Å². The maximum absolute atomic E-state index is 13.0. The number of thioether (sulfide) groups is 1. The van der Waals surface area contributed by atoms with Crippen molar-refractivity contribution in [2.45, 2.75) is 37.0 Å². The summed E-state index contributed by atoms with van der Waals surface area (Å²) in [6.45, 7) is 6.37. The first-order valence-electron chi connectivity index (χ1n) is 12.9. The summed E-state index contributed by atoms with van der Waals surface area (Å²) in [6, 6.07) is 4.08. The first-order chi connectivity index (χ1) is 17.9. The fraction of sp³-hybridized carbons (Fsp3) is 0.577. The monoisotopic (exact) mass is 525 g/mol. The van der Waals surface area contributed by atoms with Gasteiger partial charge in [-0.25, -0.2) is 19.7 Å². The molecular weight excluding hydrogens is 490 g/mol. The van der Waals surface area contributed by atoms with Gasteiger partial charge in [0.05, 0.1) is 0 Å². The Morgan fingerprint density at radius 3 is 2.41 bits per heavy atom. The van der Waals surface area contributed by atoms with Gasteiger partial charge in [0.25, 0.3) is 0 Å². The highest BCUT2D eigenvalue weighted by Gasteiger charge is 2.50. The standard InChI is InChI=1S/C26H35N7O3S/c1-17(11-29-24-30-13-19(37-2)14-31-24)10-27-22-4-3-18(12-28-22)20-9-21(20)23(34)32-7-5-26(6-8-32)15-33(16-26)25(35)36/h3-4,12-14,17,20-21H,5-11,15-16H2,1-2H3,(H,27,28)(H,35,36)(H,29,30,31). The molecule has 3 unspecified atom stereocenters. The van der Waals surface area contributed by atoms with E-state index in [9.17, 15) is 9.59 Å². The lowest BCUT2D eigenvalue weighted by atomic mass is 9.72. The van der Waals surface area contributed by atoms with Crippen LogP contribution in [-0.2, 0) is 4.79 Å². The van der Waals surface area contributed by atoms with Crippen molar-refractivity contribution < 1.29 is 14.7 Å². The summed E-state index contributed by atoms with van der Waals surface area (Å²) >= 11 is 1.62. The number of hydrogen-bond donors (Lipinski definition) is 3. The van der Waals surface area contributed by atoms with Crippen LogP contribution in [0.1, 0.15) is 37.7 Å². The number of rotatable bonds is 9. The molecule has 3 N–H and O–H groups in total. The minimum absolute atomic E-state index is 0.0462. The molecule has 4 heterocycles. The van der Waals surface area contributed by atoms with Crippen LogP contribution >= 0.6 is 11.8 Å². The molecule has 2 amide bonds. The summed E-state index contributed by atoms with van der Waals surface area (Å²) < 4.78 is 0. The van der Waals surface area contributed by atoms with E-state index in [-0.39, 0.29) is 23.2 Å². The zero-order chi connectivity index (χ0) is 26.0. The normalized spacial score (nSPS) is 22.8. The minimum Gasteiger partial charge on any atom is -0.465 e. The molecule has 1 saturated carbocycles. The van der Waals surface area contributed by atoms with Crippen LogP contribution in [0.2, 0.25) is 0 Å². The zero-order valence-electron chi connectivity index (χ0n) is 21.4. The average molecular weight is 526 g/mol. The second-order valence-corrected chi connectivity index (χ2v) is 11.6. The highest BCUT2D eigenvalue weighted by molar-refractivity contribution is 7.98. The average Bonchev–Trinajstić information content (AvgIpc) is 3.70. The molecule has 0 radical (unpaired) electrons. The number of amides is 2. The Hall–Kier alpha value is -3.08. The van der Waals surface area contributed by atoms with E-state index in [0.717, 1.165) is 61.7 Å². The molecule has 3 fully saturated rings. The van der Waals surface area contributed by atoms with Crippen molar-refractivity contribution >= 4 is 35.5 Å². The molecule has 2 saturated heterocycles. The van der Waals surface area contributed by atoms with E-state index in [1.807, 2.05) is 35.8 Å². The lowest BCUT2D eigenvalue weighted by Gasteiger charge is -2.52. The topological polar surface area (TPSA) is 124 Å². The third-order valence-corrected chi connectivity index (χ3v) is 8.57. The van der Waals surface area contributed by atoms with E-state index in [1.54, 1.807) is 11.8 Å². The predicted octanol–water partition coefficient (Wildman–Crippen LogP) is 3.46. The lowest BCUT2D eigenvalue weighted by Crippen LogP contribution is -2.62. The van der Waals surface area contributed by atoms with E-state index in [1.165, 1.54) is 4.90 Å². The van der Waals surface area contributed by atoms with Gasteiger partial charge in [-0.05, 0) is 49.0 Å². The SMILES string of the molecule is CSc1cnc(NCC(C)CNc2ccc(C3CC3C(=O)N3CCC4(CC3)CN(C(=O)O)C4)cn2)nc1. The predicted molar refractivity (Wildman–Crippen MR) is 143 cm³/mol. The number of carboxylic acid groups (broad SMARTS) is 1. The molecule has 2 aromatic heterocycles. The smallest absolute Gasteiger partial charge is 0.407 e. The molecule has 5 rings (SSSR count). The molecule has 0 bridgehead atoms. The molecule has 3 atom stereocenters. The number of nitrogens with zero attached hydrogens (tertiary/aromatic N) is 5. The first kappa shape index (κ1) is 25.6. The fourth-order valence-electron chi connectivity index (χ4n) is 5.35. The van der Waals surface area contributed by atoms with Gasteiger partial charge in [-0.1, -0.05) is 13.0 Å². The molecule has 1 spiro atoms. The summed E-state index contributed by atoms with van der Waals surface area (Å²) in [4.78, 5) is 41.8. The number of aromatic nitrogens is 3. The van der Waals surface area contributed by atoms with Gasteiger partial charge < -0.3 is 25.5 Å². The van der Waals surface area contributed by atoms with E-state index in [4.69, 9.17) is 5.11 Å². The molecule has 2 aliphatic heterocycles. The van der Waals surface area contributed by atoms with Crippen molar-refractivity contribution in [1.82, 2.24) is 24.8 Å². The number of pyridine rings is 1. The van der Waals surface area contributed by atoms with Crippen molar-refractivity contribution in [3.8, 4) is 0 Å². The molecule has 10 nitrogen and oxygen atoms in total. The number of likely N-dealkylation sites (tertiary alicyclic amines) is 2. The molecule has 1 aliphatic carbocycles. The summed E-state index contributed by atoms with van der Waals surface area (Å²) in [6.07, 6.45) is 9.37. The van der Waals surface area contributed by atoms with Crippen LogP contribution in [0.3, 0.4) is 0 Å². The molecule has 198 valence electrons. The van der Waals surface area contributed by atoms with Gasteiger partial charge >= 0.3 is 6.09 Å². The maximum Gasteiger partial charge on any atom is 0.407 e. The summed E-state index contributed by atoms with van der Waals surface area (Å²) in [5.74, 6) is 2.35. The minimum atomic E-state index is -0.839. The van der Waals surface area contributed by atoms with Crippen LogP contribution in [0.5, 0.6) is 0 Å². The number of carbonyl (C=O) groups is 2. The van der Waals surface area contributed by atoms with E-state index in [0.29, 0.717) is 25.0 Å². The quantitative estimate of drug-likeness (QED) is 0.422. The zero-order valence-corrected chi connectivity index (χ0v) is 22.2. The largest absolute Gasteiger partial charge is 0.465 e. The Morgan fingerprint density at radius 2 is 1.78 bits per heavy atom. The van der Waals surface area contributed by atoms with Crippen LogP contribution in [0.25, 0.3) is 0 Å². The number of anilines is 2. The Bertz CT molecular complexity index is 1100. The maximum atomic E-state index is 13.0. The van der Waals surface area contributed by atoms with E-state index in [2.05, 4.69) is 38.6 Å². The van der Waals surface area contributed by atoms with Gasteiger partial charge in [-0.15, -0.1) is 11.8 Å². The second kappa shape index (κ2) is 10.7. The molecule has 2 aromatic rings. The number of piperidine rings is 1. The van der Waals surface area contributed by atoms with Gasteiger partial charge in [-0.3, -0.25) is 4.79 Å². The third kappa shape index (κ3) is 5.92. The van der Waals surface area contributed by atoms with Crippen molar-refractivity contribution in [1.29, 1.82) is 0 Å². The number of nitrogens with one attached hydrogen (secondary N) is 2. The van der Waals surface area contributed by atoms with Crippen molar-refractivity contribution in [3.63, 3.8) is 0 Å². The van der Waals surface area contributed by atoms with Crippen molar-refractivity contribution in [2.75, 3.05) is 56.2 Å². The van der Waals surface area contributed by atoms with Crippen molar-refractivity contribution in [3.05, 3.63) is 36.3 Å². The molecule has 3 aliphatic rings. The second-order valence-electron chi connectivity index (χ2n) is 10.7. The molecular formula is C26H35N7O3S. The third-order valence-electron chi connectivity index (χ3n) is 7.89. The van der Waals surface area contributed by atoms with Crippen LogP contribution in [0, 0.1) is 17.3 Å². The van der Waals surface area contributed by atoms with Gasteiger partial charge in [0, 0.05) is 74.1 Å². The van der Waals surface area contributed by atoms with Gasteiger partial charge in [0.1, 0.15) is 5.82 Å². The Kier molecular flexibility index (Phi) is 7.41. The van der Waals surface area contributed by atoms with Crippen LogP contribution in [0.15, 0.2) is 35.6 Å². The molecule has 0 aromatic carbocycles. The summed E-state index contributed by atoms with van der Waals surface area (Å²) in [7, 11) is 0. The van der Waals surface area contributed by atoms with Crippen LogP contribution in [-0.4, -0.2) is 87.4 Å². The molecule has 37 heavy (non-hydrogen) atoms.